The van der Waals surface area contributed by atoms with E-state index in [0.717, 1.165) is 11.3 Å². The molecule has 0 saturated carbocycles. The molecule has 2 aromatic heterocycles. The van der Waals surface area contributed by atoms with E-state index in [4.69, 9.17) is 9.47 Å². The zero-order valence-electron chi connectivity index (χ0n) is 18.4. The SMILES string of the molecule is Cc1ccnc(Nc2cc(Nc3ccc(NC(=O)C4COc5ccccc5O4)cc3)ncn2)c1. The summed E-state index contributed by atoms with van der Waals surface area (Å²) < 4.78 is 11.4. The maximum absolute atomic E-state index is 12.6. The Hall–Kier alpha value is -4.66. The Kier molecular flexibility index (Phi) is 5.89. The van der Waals surface area contributed by atoms with Gasteiger partial charge in [0.05, 0.1) is 0 Å². The van der Waals surface area contributed by atoms with Gasteiger partial charge in [-0.25, -0.2) is 15.0 Å². The predicted octanol–water partition coefficient (Wildman–Crippen LogP) is 4.45. The number of anilines is 5. The Morgan fingerprint density at radius 2 is 1.56 bits per heavy atom. The number of fused-ring (bicyclic) bond motifs is 1. The number of carbonyl (C=O) groups is 1. The van der Waals surface area contributed by atoms with E-state index in [1.54, 1.807) is 30.5 Å². The lowest BCUT2D eigenvalue weighted by Crippen LogP contribution is -2.40. The molecule has 0 radical (unpaired) electrons. The van der Waals surface area contributed by atoms with Crippen LogP contribution in [0.4, 0.5) is 28.8 Å². The summed E-state index contributed by atoms with van der Waals surface area (Å²) >= 11 is 0. The van der Waals surface area contributed by atoms with E-state index in [2.05, 4.69) is 30.9 Å². The van der Waals surface area contributed by atoms with Crippen LogP contribution in [0.5, 0.6) is 11.5 Å². The van der Waals surface area contributed by atoms with Crippen LogP contribution in [0.1, 0.15) is 5.56 Å². The number of rotatable bonds is 6. The standard InChI is InChI=1S/C25H22N6O3/c1-16-10-11-26-22(12-16)31-24-13-23(27-15-28-24)29-17-6-8-18(9-7-17)30-25(32)21-14-33-19-4-2-3-5-20(19)34-21/h2-13,15,21H,14H2,1H3,(H,30,32)(H2,26,27,28,29,31). The Labute approximate surface area is 196 Å². The first-order chi connectivity index (χ1) is 16.6. The summed E-state index contributed by atoms with van der Waals surface area (Å²) in [5, 5.41) is 9.25. The normalized spacial score (nSPS) is 14.2. The van der Waals surface area contributed by atoms with Gasteiger partial charge < -0.3 is 25.4 Å². The van der Waals surface area contributed by atoms with Crippen LogP contribution in [-0.2, 0) is 4.79 Å². The van der Waals surface area contributed by atoms with Gasteiger partial charge in [-0.1, -0.05) is 12.1 Å². The smallest absolute Gasteiger partial charge is 0.269 e. The maximum atomic E-state index is 12.6. The molecule has 0 aliphatic carbocycles. The summed E-state index contributed by atoms with van der Waals surface area (Å²) in [6.07, 6.45) is 2.49. The minimum absolute atomic E-state index is 0.157. The number of amides is 1. The molecule has 1 amide bonds. The van der Waals surface area contributed by atoms with E-state index in [1.807, 2.05) is 49.4 Å². The van der Waals surface area contributed by atoms with Crippen LogP contribution in [0.3, 0.4) is 0 Å². The summed E-state index contributed by atoms with van der Waals surface area (Å²) in [7, 11) is 0. The zero-order valence-corrected chi connectivity index (χ0v) is 18.4. The van der Waals surface area contributed by atoms with Crippen molar-refractivity contribution in [3.05, 3.63) is 84.8 Å². The van der Waals surface area contributed by atoms with Gasteiger partial charge in [-0.3, -0.25) is 4.79 Å². The molecule has 9 nitrogen and oxygen atoms in total. The Morgan fingerprint density at radius 3 is 2.35 bits per heavy atom. The van der Waals surface area contributed by atoms with E-state index in [1.165, 1.54) is 6.33 Å². The summed E-state index contributed by atoms with van der Waals surface area (Å²) in [6.45, 7) is 2.16. The second-order valence-corrected chi connectivity index (χ2v) is 7.69. The van der Waals surface area contributed by atoms with Crippen LogP contribution < -0.4 is 25.4 Å². The predicted molar refractivity (Wildman–Crippen MR) is 129 cm³/mol. The number of benzene rings is 2. The molecule has 3 N–H and O–H groups in total. The largest absolute Gasteiger partial charge is 0.485 e. The third-order valence-electron chi connectivity index (χ3n) is 5.06. The third kappa shape index (κ3) is 5.04. The van der Waals surface area contributed by atoms with E-state index in [0.29, 0.717) is 34.6 Å². The van der Waals surface area contributed by atoms with Gasteiger partial charge in [0.25, 0.3) is 5.91 Å². The molecule has 34 heavy (non-hydrogen) atoms. The number of pyridine rings is 1. The highest BCUT2D eigenvalue weighted by Crippen LogP contribution is 2.31. The molecule has 0 spiro atoms. The number of para-hydroxylation sites is 2. The molecule has 1 aliphatic rings. The molecule has 3 heterocycles. The summed E-state index contributed by atoms with van der Waals surface area (Å²) in [5.74, 6) is 2.88. The number of hydrogen-bond donors (Lipinski definition) is 3. The highest BCUT2D eigenvalue weighted by Gasteiger charge is 2.27. The second kappa shape index (κ2) is 9.45. The first-order valence-electron chi connectivity index (χ1n) is 10.7. The number of ether oxygens (including phenoxy) is 2. The van der Waals surface area contributed by atoms with Crippen LogP contribution in [0.25, 0.3) is 0 Å². The summed E-state index contributed by atoms with van der Waals surface area (Å²) in [4.78, 5) is 25.4. The van der Waals surface area contributed by atoms with Crippen molar-refractivity contribution in [3.8, 4) is 11.5 Å². The van der Waals surface area contributed by atoms with Crippen molar-refractivity contribution in [2.75, 3.05) is 22.6 Å². The average molecular weight is 454 g/mol. The van der Waals surface area contributed by atoms with Gasteiger partial charge >= 0.3 is 0 Å². The van der Waals surface area contributed by atoms with Crippen molar-refractivity contribution >= 4 is 34.7 Å². The highest BCUT2D eigenvalue weighted by atomic mass is 16.6. The molecule has 1 aliphatic heterocycles. The van der Waals surface area contributed by atoms with Crippen molar-refractivity contribution in [2.24, 2.45) is 0 Å². The van der Waals surface area contributed by atoms with E-state index < -0.39 is 6.10 Å². The molecule has 1 atom stereocenters. The van der Waals surface area contributed by atoms with Crippen molar-refractivity contribution in [1.29, 1.82) is 0 Å². The first-order valence-corrected chi connectivity index (χ1v) is 10.7. The number of aryl methyl sites for hydroxylation is 1. The fourth-order valence-corrected chi connectivity index (χ4v) is 3.39. The molecular formula is C25H22N6O3. The average Bonchev–Trinajstić information content (AvgIpc) is 2.85. The Morgan fingerprint density at radius 1 is 0.853 bits per heavy atom. The molecule has 9 heteroatoms. The fourth-order valence-electron chi connectivity index (χ4n) is 3.39. The fraction of sp³-hybridized carbons (Fsp3) is 0.120. The van der Waals surface area contributed by atoms with E-state index >= 15 is 0 Å². The lowest BCUT2D eigenvalue weighted by Gasteiger charge is -2.25. The molecule has 0 bridgehead atoms. The van der Waals surface area contributed by atoms with Gasteiger partial charge in [0, 0.05) is 23.6 Å². The molecule has 4 aromatic rings. The molecule has 0 saturated heterocycles. The Balaban J connectivity index is 1.19. The third-order valence-corrected chi connectivity index (χ3v) is 5.06. The maximum Gasteiger partial charge on any atom is 0.269 e. The van der Waals surface area contributed by atoms with Crippen molar-refractivity contribution in [1.82, 2.24) is 15.0 Å². The molecule has 170 valence electrons. The van der Waals surface area contributed by atoms with Crippen LogP contribution in [0.2, 0.25) is 0 Å². The topological polar surface area (TPSA) is 110 Å². The van der Waals surface area contributed by atoms with E-state index in [-0.39, 0.29) is 12.5 Å². The zero-order chi connectivity index (χ0) is 23.3. The minimum Gasteiger partial charge on any atom is -0.485 e. The quantitative estimate of drug-likeness (QED) is 0.392. The van der Waals surface area contributed by atoms with Crippen LogP contribution in [0.15, 0.2) is 79.3 Å². The van der Waals surface area contributed by atoms with Crippen LogP contribution >= 0.6 is 0 Å². The number of aromatic nitrogens is 3. The number of nitrogens with one attached hydrogen (secondary N) is 3. The monoisotopic (exact) mass is 454 g/mol. The van der Waals surface area contributed by atoms with Crippen LogP contribution in [-0.4, -0.2) is 33.6 Å². The molecule has 2 aromatic carbocycles. The second-order valence-electron chi connectivity index (χ2n) is 7.69. The van der Waals surface area contributed by atoms with E-state index in [9.17, 15) is 4.79 Å². The highest BCUT2D eigenvalue weighted by molar-refractivity contribution is 5.95. The summed E-state index contributed by atoms with van der Waals surface area (Å²) in [6, 6.07) is 20.2. The summed E-state index contributed by atoms with van der Waals surface area (Å²) in [5.41, 5.74) is 2.56. The van der Waals surface area contributed by atoms with Gasteiger partial charge in [0.2, 0.25) is 6.10 Å². The lowest BCUT2D eigenvalue weighted by atomic mass is 10.2. The van der Waals surface area contributed by atoms with Crippen molar-refractivity contribution < 1.29 is 14.3 Å². The van der Waals surface area contributed by atoms with Crippen molar-refractivity contribution in [2.45, 2.75) is 13.0 Å². The van der Waals surface area contributed by atoms with Crippen molar-refractivity contribution in [3.63, 3.8) is 0 Å². The molecule has 5 rings (SSSR count). The minimum atomic E-state index is -0.720. The number of hydrogen-bond acceptors (Lipinski definition) is 8. The van der Waals surface area contributed by atoms with Gasteiger partial charge in [0.15, 0.2) is 11.5 Å². The molecule has 1 unspecified atom stereocenters. The van der Waals surface area contributed by atoms with Gasteiger partial charge in [-0.05, 0) is 61.0 Å². The Bertz CT molecular complexity index is 1310. The molecular weight excluding hydrogens is 432 g/mol. The number of nitrogens with zero attached hydrogens (tertiary/aromatic N) is 3. The van der Waals surface area contributed by atoms with Gasteiger partial charge in [-0.15, -0.1) is 0 Å². The van der Waals surface area contributed by atoms with Gasteiger partial charge in [-0.2, -0.15) is 0 Å². The van der Waals surface area contributed by atoms with Gasteiger partial charge in [0.1, 0.15) is 30.4 Å². The number of carbonyl (C=O) groups excluding carboxylic acids is 1. The lowest BCUT2D eigenvalue weighted by molar-refractivity contribution is -0.125. The first kappa shape index (κ1) is 21.2. The van der Waals surface area contributed by atoms with Crippen LogP contribution in [0, 0.1) is 6.92 Å². The molecule has 0 fully saturated rings.